The van der Waals surface area contributed by atoms with Crippen LogP contribution in [0.3, 0.4) is 0 Å². The predicted octanol–water partition coefficient (Wildman–Crippen LogP) is 5.83. The second-order valence-corrected chi connectivity index (χ2v) is 7.15. The lowest BCUT2D eigenvalue weighted by molar-refractivity contribution is 0.280. The van der Waals surface area contributed by atoms with Crippen LogP contribution in [0, 0.1) is 5.82 Å². The molecule has 0 amide bonds. The number of methoxy groups -OCH3 is 2. The van der Waals surface area contributed by atoms with Gasteiger partial charge in [0.05, 0.1) is 19.2 Å². The van der Waals surface area contributed by atoms with E-state index in [2.05, 4.69) is 17.4 Å². The average Bonchev–Trinajstić information content (AvgIpc) is 2.76. The van der Waals surface area contributed by atoms with Gasteiger partial charge in [-0.05, 0) is 48.9 Å². The summed E-state index contributed by atoms with van der Waals surface area (Å²) in [5, 5.41) is 3.78. The molecule has 0 fully saturated rings. The van der Waals surface area contributed by atoms with Gasteiger partial charge in [0, 0.05) is 17.7 Å². The zero-order valence-corrected chi connectivity index (χ0v) is 19.1. The van der Waals surface area contributed by atoms with E-state index in [9.17, 15) is 4.39 Å². The zero-order valence-electron chi connectivity index (χ0n) is 17.5. The highest BCUT2D eigenvalue weighted by atomic mass is 35.5. The number of rotatable bonds is 10. The molecule has 3 rings (SSSR count). The second kappa shape index (κ2) is 12.4. The highest BCUT2D eigenvalue weighted by Gasteiger charge is 2.12. The van der Waals surface area contributed by atoms with Crippen molar-refractivity contribution in [1.29, 1.82) is 0 Å². The standard InChI is InChI=1S/C24H25ClFNO3.ClH/c1-28-21-10-6-17(7-11-21)12-13-27-15-18-4-3-5-23(29-2)24(18)30-16-19-8-9-20(26)14-22(19)25;/h3-11,14,27H,12-13,15-16H2,1-2H3;1H. The van der Waals surface area contributed by atoms with E-state index >= 15 is 0 Å². The lowest BCUT2D eigenvalue weighted by Crippen LogP contribution is -2.17. The summed E-state index contributed by atoms with van der Waals surface area (Å²) in [6.07, 6.45) is 0.898. The summed E-state index contributed by atoms with van der Waals surface area (Å²) in [7, 11) is 3.27. The van der Waals surface area contributed by atoms with Crippen LogP contribution in [0.1, 0.15) is 16.7 Å². The van der Waals surface area contributed by atoms with E-state index in [0.717, 1.165) is 24.3 Å². The van der Waals surface area contributed by atoms with Crippen LogP contribution in [0.15, 0.2) is 60.7 Å². The van der Waals surface area contributed by atoms with Crippen molar-refractivity contribution < 1.29 is 18.6 Å². The third kappa shape index (κ3) is 7.03. The van der Waals surface area contributed by atoms with Gasteiger partial charge in [-0.2, -0.15) is 0 Å². The van der Waals surface area contributed by atoms with Gasteiger partial charge in [-0.25, -0.2) is 4.39 Å². The molecule has 0 aliphatic heterocycles. The molecule has 0 saturated heterocycles. The fourth-order valence-corrected chi connectivity index (χ4v) is 3.28. The van der Waals surface area contributed by atoms with Crippen LogP contribution in [0.4, 0.5) is 4.39 Å². The van der Waals surface area contributed by atoms with E-state index in [0.29, 0.717) is 28.6 Å². The first-order valence-electron chi connectivity index (χ1n) is 9.67. The van der Waals surface area contributed by atoms with Crippen molar-refractivity contribution in [3.05, 3.63) is 88.2 Å². The van der Waals surface area contributed by atoms with Crippen molar-refractivity contribution in [2.75, 3.05) is 20.8 Å². The molecule has 1 N–H and O–H groups in total. The van der Waals surface area contributed by atoms with E-state index in [-0.39, 0.29) is 24.8 Å². The SMILES string of the molecule is COc1ccc(CCNCc2cccc(OC)c2OCc2ccc(F)cc2Cl)cc1.Cl. The molecule has 0 saturated carbocycles. The summed E-state index contributed by atoms with van der Waals surface area (Å²) in [6.45, 7) is 1.66. The van der Waals surface area contributed by atoms with Gasteiger partial charge in [-0.1, -0.05) is 41.9 Å². The minimum Gasteiger partial charge on any atom is -0.497 e. The summed E-state index contributed by atoms with van der Waals surface area (Å²) in [6, 6.07) is 18.1. The number of hydrogen-bond acceptors (Lipinski definition) is 4. The quantitative estimate of drug-likeness (QED) is 0.382. The first-order valence-corrected chi connectivity index (χ1v) is 10.0. The molecule has 0 aliphatic rings. The maximum Gasteiger partial charge on any atom is 0.166 e. The summed E-state index contributed by atoms with van der Waals surface area (Å²) in [5.41, 5.74) is 2.92. The maximum absolute atomic E-state index is 13.3. The third-order valence-corrected chi connectivity index (χ3v) is 5.08. The van der Waals surface area contributed by atoms with Crippen LogP contribution in [0.25, 0.3) is 0 Å². The van der Waals surface area contributed by atoms with Gasteiger partial charge in [0.25, 0.3) is 0 Å². The Kier molecular flexibility index (Phi) is 9.92. The van der Waals surface area contributed by atoms with Crippen molar-refractivity contribution in [1.82, 2.24) is 5.32 Å². The number of halogens is 3. The number of ether oxygens (including phenoxy) is 3. The Bertz CT molecular complexity index is 968. The summed E-state index contributed by atoms with van der Waals surface area (Å²) in [4.78, 5) is 0. The molecule has 0 spiro atoms. The van der Waals surface area contributed by atoms with Crippen molar-refractivity contribution in [2.45, 2.75) is 19.6 Å². The minimum absolute atomic E-state index is 0. The highest BCUT2D eigenvalue weighted by molar-refractivity contribution is 6.31. The van der Waals surface area contributed by atoms with Crippen LogP contribution in [-0.4, -0.2) is 20.8 Å². The Morgan fingerprint density at radius 2 is 1.71 bits per heavy atom. The largest absolute Gasteiger partial charge is 0.497 e. The fraction of sp³-hybridized carbons (Fsp3) is 0.250. The summed E-state index contributed by atoms with van der Waals surface area (Å²) >= 11 is 6.12. The van der Waals surface area contributed by atoms with Gasteiger partial charge in [0.1, 0.15) is 18.2 Å². The van der Waals surface area contributed by atoms with E-state index < -0.39 is 0 Å². The van der Waals surface area contributed by atoms with Gasteiger partial charge in [0.15, 0.2) is 11.5 Å². The molecule has 166 valence electrons. The van der Waals surface area contributed by atoms with E-state index in [4.69, 9.17) is 25.8 Å². The van der Waals surface area contributed by atoms with Crippen LogP contribution in [0.5, 0.6) is 17.2 Å². The Morgan fingerprint density at radius 3 is 2.39 bits per heavy atom. The first kappa shape index (κ1) is 24.8. The molecule has 0 aliphatic carbocycles. The van der Waals surface area contributed by atoms with E-state index in [1.807, 2.05) is 30.3 Å². The molecule has 0 atom stereocenters. The third-order valence-electron chi connectivity index (χ3n) is 4.73. The lowest BCUT2D eigenvalue weighted by atomic mass is 10.1. The number of para-hydroxylation sites is 1. The molecule has 0 radical (unpaired) electrons. The molecule has 0 bridgehead atoms. The number of hydrogen-bond donors (Lipinski definition) is 1. The van der Waals surface area contributed by atoms with Crippen molar-refractivity contribution in [3.8, 4) is 17.2 Å². The molecule has 3 aromatic rings. The number of benzene rings is 3. The van der Waals surface area contributed by atoms with Gasteiger partial charge in [-0.3, -0.25) is 0 Å². The minimum atomic E-state index is -0.372. The molecule has 7 heteroatoms. The fourth-order valence-electron chi connectivity index (χ4n) is 3.06. The molecule has 4 nitrogen and oxygen atoms in total. The lowest BCUT2D eigenvalue weighted by Gasteiger charge is -2.16. The molecule has 0 unspecified atom stereocenters. The molecule has 0 heterocycles. The highest BCUT2D eigenvalue weighted by Crippen LogP contribution is 2.32. The van der Waals surface area contributed by atoms with Crippen LogP contribution >= 0.6 is 24.0 Å². The maximum atomic E-state index is 13.3. The summed E-state index contributed by atoms with van der Waals surface area (Å²) in [5.74, 6) is 1.77. The molecule has 3 aromatic carbocycles. The molecular formula is C24H26Cl2FNO3. The Balaban J connectivity index is 0.00000341. The molecular weight excluding hydrogens is 440 g/mol. The second-order valence-electron chi connectivity index (χ2n) is 6.75. The van der Waals surface area contributed by atoms with Crippen molar-refractivity contribution in [2.24, 2.45) is 0 Å². The van der Waals surface area contributed by atoms with E-state index in [1.54, 1.807) is 20.3 Å². The van der Waals surface area contributed by atoms with Gasteiger partial charge >= 0.3 is 0 Å². The number of nitrogens with one attached hydrogen (secondary N) is 1. The van der Waals surface area contributed by atoms with Gasteiger partial charge < -0.3 is 19.5 Å². The van der Waals surface area contributed by atoms with Crippen LogP contribution < -0.4 is 19.5 Å². The zero-order chi connectivity index (χ0) is 21.3. The Morgan fingerprint density at radius 1 is 0.935 bits per heavy atom. The summed E-state index contributed by atoms with van der Waals surface area (Å²) < 4.78 is 29.9. The monoisotopic (exact) mass is 465 g/mol. The van der Waals surface area contributed by atoms with Gasteiger partial charge in [-0.15, -0.1) is 12.4 Å². The molecule has 31 heavy (non-hydrogen) atoms. The van der Waals surface area contributed by atoms with E-state index in [1.165, 1.54) is 17.7 Å². The predicted molar refractivity (Wildman–Crippen MR) is 124 cm³/mol. The molecule has 0 aromatic heterocycles. The van der Waals surface area contributed by atoms with Crippen LogP contribution in [0.2, 0.25) is 5.02 Å². The van der Waals surface area contributed by atoms with Gasteiger partial charge in [0.2, 0.25) is 0 Å². The first-order chi connectivity index (χ1) is 14.6. The Hall–Kier alpha value is -2.47. The van der Waals surface area contributed by atoms with Crippen LogP contribution in [-0.2, 0) is 19.6 Å². The smallest absolute Gasteiger partial charge is 0.166 e. The normalized spacial score (nSPS) is 10.3. The topological polar surface area (TPSA) is 39.7 Å². The Labute approximate surface area is 193 Å². The van der Waals surface area contributed by atoms with Crippen molar-refractivity contribution in [3.63, 3.8) is 0 Å². The average molecular weight is 466 g/mol. The van der Waals surface area contributed by atoms with Crippen molar-refractivity contribution >= 4 is 24.0 Å².